The van der Waals surface area contributed by atoms with E-state index in [0.717, 1.165) is 0 Å². The van der Waals surface area contributed by atoms with Gasteiger partial charge in [-0.3, -0.25) is 0 Å². The van der Waals surface area contributed by atoms with Crippen molar-refractivity contribution in [2.75, 3.05) is 19.6 Å². The maximum atomic E-state index is 2.52. The standard InChI is InChI=1S/C8H16N/c1-8(2)7-9-5-3-4-6-9/h3-7H2,1-2H3. The quantitative estimate of drug-likeness (QED) is 0.544. The summed E-state index contributed by atoms with van der Waals surface area (Å²) in [5.74, 6) is 1.54. The van der Waals surface area contributed by atoms with Gasteiger partial charge in [0.2, 0.25) is 0 Å². The minimum atomic E-state index is 1.22. The van der Waals surface area contributed by atoms with Crippen LogP contribution in [0.4, 0.5) is 0 Å². The van der Waals surface area contributed by atoms with Crippen molar-refractivity contribution in [2.24, 2.45) is 0 Å². The van der Waals surface area contributed by atoms with E-state index in [0.29, 0.717) is 0 Å². The first-order valence-corrected chi connectivity index (χ1v) is 3.80. The number of hydrogen-bond acceptors (Lipinski definition) is 1. The first-order valence-electron chi connectivity index (χ1n) is 3.80. The molecule has 1 rings (SSSR count). The third kappa shape index (κ3) is 2.35. The Morgan fingerprint density at radius 3 is 2.22 bits per heavy atom. The average Bonchev–Trinajstić information content (AvgIpc) is 2.15. The molecule has 0 unspecified atom stereocenters. The summed E-state index contributed by atoms with van der Waals surface area (Å²) in [4.78, 5) is 2.52. The Balaban J connectivity index is 2.11. The van der Waals surface area contributed by atoms with Crippen molar-refractivity contribution >= 4 is 0 Å². The number of rotatable bonds is 2. The molecule has 0 N–H and O–H groups in total. The molecule has 1 heteroatoms. The van der Waals surface area contributed by atoms with Crippen LogP contribution < -0.4 is 0 Å². The van der Waals surface area contributed by atoms with Crippen LogP contribution in [0.1, 0.15) is 26.7 Å². The predicted octanol–water partition coefficient (Wildman–Crippen LogP) is 1.70. The van der Waals surface area contributed by atoms with E-state index < -0.39 is 0 Å². The summed E-state index contributed by atoms with van der Waals surface area (Å²) >= 11 is 0. The van der Waals surface area contributed by atoms with Crippen LogP contribution >= 0.6 is 0 Å². The molecule has 0 aliphatic carbocycles. The lowest BCUT2D eigenvalue weighted by atomic mass is 10.2. The third-order valence-electron chi connectivity index (χ3n) is 1.74. The van der Waals surface area contributed by atoms with Crippen LogP contribution in [0.15, 0.2) is 0 Å². The van der Waals surface area contributed by atoms with Crippen molar-refractivity contribution in [3.05, 3.63) is 5.92 Å². The number of likely N-dealkylation sites (tertiary alicyclic amines) is 1. The molecule has 9 heavy (non-hydrogen) atoms. The Hall–Kier alpha value is -0.0400. The molecule has 0 atom stereocenters. The monoisotopic (exact) mass is 126 g/mol. The van der Waals surface area contributed by atoms with E-state index in [1.54, 1.807) is 0 Å². The van der Waals surface area contributed by atoms with Crippen LogP contribution in [0.2, 0.25) is 0 Å². The maximum absolute atomic E-state index is 2.52. The van der Waals surface area contributed by atoms with Crippen LogP contribution in [0.25, 0.3) is 0 Å². The summed E-state index contributed by atoms with van der Waals surface area (Å²) in [5, 5.41) is 0. The Kier molecular flexibility index (Phi) is 2.52. The number of nitrogens with zero attached hydrogens (tertiary/aromatic N) is 1. The van der Waals surface area contributed by atoms with Gasteiger partial charge in [-0.05, 0) is 31.8 Å². The molecule has 1 radical (unpaired) electrons. The molecule has 0 aromatic carbocycles. The zero-order valence-electron chi connectivity index (χ0n) is 6.48. The van der Waals surface area contributed by atoms with Gasteiger partial charge in [0, 0.05) is 6.54 Å². The first-order chi connectivity index (χ1) is 4.29. The van der Waals surface area contributed by atoms with Gasteiger partial charge in [-0.1, -0.05) is 13.8 Å². The average molecular weight is 126 g/mol. The van der Waals surface area contributed by atoms with Gasteiger partial charge in [0.25, 0.3) is 0 Å². The zero-order chi connectivity index (χ0) is 6.69. The molecule has 0 aromatic rings. The lowest BCUT2D eigenvalue weighted by molar-refractivity contribution is 0.352. The van der Waals surface area contributed by atoms with Gasteiger partial charge >= 0.3 is 0 Å². The van der Waals surface area contributed by atoms with Gasteiger partial charge in [-0.2, -0.15) is 0 Å². The van der Waals surface area contributed by atoms with E-state index in [2.05, 4.69) is 18.7 Å². The van der Waals surface area contributed by atoms with Gasteiger partial charge in [0.15, 0.2) is 0 Å². The fourth-order valence-corrected chi connectivity index (χ4v) is 1.39. The highest BCUT2D eigenvalue weighted by molar-refractivity contribution is 4.83. The molecule has 1 nitrogen and oxygen atoms in total. The largest absolute Gasteiger partial charge is 0.303 e. The minimum Gasteiger partial charge on any atom is -0.303 e. The van der Waals surface area contributed by atoms with Gasteiger partial charge in [-0.15, -0.1) is 0 Å². The van der Waals surface area contributed by atoms with Crippen molar-refractivity contribution in [3.63, 3.8) is 0 Å². The summed E-state index contributed by atoms with van der Waals surface area (Å²) in [7, 11) is 0. The molecule has 0 amide bonds. The molecule has 0 spiro atoms. The normalized spacial score (nSPS) is 21.7. The first kappa shape index (κ1) is 7.07. The predicted molar refractivity (Wildman–Crippen MR) is 40.3 cm³/mol. The highest BCUT2D eigenvalue weighted by Crippen LogP contribution is 2.09. The Labute approximate surface area is 58.0 Å². The lowest BCUT2D eigenvalue weighted by Gasteiger charge is -2.15. The van der Waals surface area contributed by atoms with E-state index in [9.17, 15) is 0 Å². The Bertz CT molecular complexity index is 72.6. The van der Waals surface area contributed by atoms with Crippen molar-refractivity contribution in [1.82, 2.24) is 4.90 Å². The van der Waals surface area contributed by atoms with Crippen LogP contribution in [-0.2, 0) is 0 Å². The molecule has 0 bridgehead atoms. The Morgan fingerprint density at radius 2 is 1.78 bits per heavy atom. The topological polar surface area (TPSA) is 3.24 Å². The Morgan fingerprint density at radius 1 is 1.22 bits per heavy atom. The molecule has 1 aliphatic rings. The molecular formula is C8H16N. The van der Waals surface area contributed by atoms with Gasteiger partial charge in [-0.25, -0.2) is 0 Å². The zero-order valence-corrected chi connectivity index (χ0v) is 6.48. The highest BCUT2D eigenvalue weighted by atomic mass is 15.1. The second-order valence-electron chi connectivity index (χ2n) is 3.19. The molecule has 1 heterocycles. The van der Waals surface area contributed by atoms with Crippen molar-refractivity contribution < 1.29 is 0 Å². The van der Waals surface area contributed by atoms with Crippen LogP contribution in [0, 0.1) is 5.92 Å². The SMILES string of the molecule is C[C](C)CN1CCCC1. The number of hydrogen-bond donors (Lipinski definition) is 0. The highest BCUT2D eigenvalue weighted by Gasteiger charge is 2.11. The van der Waals surface area contributed by atoms with Crippen LogP contribution in [0.3, 0.4) is 0 Å². The fourth-order valence-electron chi connectivity index (χ4n) is 1.39. The van der Waals surface area contributed by atoms with Crippen molar-refractivity contribution in [2.45, 2.75) is 26.7 Å². The second kappa shape index (κ2) is 3.21. The van der Waals surface area contributed by atoms with E-state index >= 15 is 0 Å². The second-order valence-corrected chi connectivity index (χ2v) is 3.19. The molecule has 1 fully saturated rings. The smallest absolute Gasteiger partial charge is 0.00383 e. The molecule has 1 saturated heterocycles. The van der Waals surface area contributed by atoms with Gasteiger partial charge in [0.1, 0.15) is 0 Å². The van der Waals surface area contributed by atoms with Crippen molar-refractivity contribution in [1.29, 1.82) is 0 Å². The summed E-state index contributed by atoms with van der Waals surface area (Å²) in [6, 6.07) is 0. The lowest BCUT2D eigenvalue weighted by Crippen LogP contribution is -2.22. The summed E-state index contributed by atoms with van der Waals surface area (Å²) < 4.78 is 0. The minimum absolute atomic E-state index is 1.22. The molecule has 53 valence electrons. The van der Waals surface area contributed by atoms with Gasteiger partial charge in [0.05, 0.1) is 0 Å². The van der Waals surface area contributed by atoms with E-state index in [-0.39, 0.29) is 0 Å². The van der Waals surface area contributed by atoms with E-state index in [4.69, 9.17) is 0 Å². The maximum Gasteiger partial charge on any atom is 0.00383 e. The van der Waals surface area contributed by atoms with Crippen LogP contribution in [-0.4, -0.2) is 24.5 Å². The van der Waals surface area contributed by atoms with E-state index in [1.807, 2.05) is 0 Å². The van der Waals surface area contributed by atoms with E-state index in [1.165, 1.54) is 38.4 Å². The molecule has 0 aromatic heterocycles. The summed E-state index contributed by atoms with van der Waals surface area (Å²) in [5.41, 5.74) is 0. The summed E-state index contributed by atoms with van der Waals surface area (Å²) in [6.45, 7) is 8.28. The van der Waals surface area contributed by atoms with Gasteiger partial charge < -0.3 is 4.90 Å². The fraction of sp³-hybridized carbons (Fsp3) is 0.875. The molecular weight excluding hydrogens is 110 g/mol. The third-order valence-corrected chi connectivity index (χ3v) is 1.74. The molecule has 1 aliphatic heterocycles. The van der Waals surface area contributed by atoms with Crippen LogP contribution in [0.5, 0.6) is 0 Å². The summed E-state index contributed by atoms with van der Waals surface area (Å²) in [6.07, 6.45) is 2.82. The molecule has 0 saturated carbocycles. The van der Waals surface area contributed by atoms with Crippen molar-refractivity contribution in [3.8, 4) is 0 Å².